The van der Waals surface area contributed by atoms with Gasteiger partial charge in [0.25, 0.3) is 5.91 Å². The molecule has 5 heteroatoms. The minimum Gasteiger partial charge on any atom is -0.396 e. The van der Waals surface area contributed by atoms with Crippen molar-refractivity contribution in [2.24, 2.45) is 0 Å². The zero-order valence-corrected chi connectivity index (χ0v) is 11.2. The lowest BCUT2D eigenvalue weighted by atomic mass is 9.99. The van der Waals surface area contributed by atoms with Crippen molar-refractivity contribution >= 4 is 11.6 Å². The van der Waals surface area contributed by atoms with Gasteiger partial charge in [0.05, 0.1) is 11.9 Å². The van der Waals surface area contributed by atoms with Crippen LogP contribution in [0.1, 0.15) is 50.0 Å². The highest BCUT2D eigenvalue weighted by molar-refractivity contribution is 5.97. The zero-order valence-electron chi connectivity index (χ0n) is 11.2. The first kappa shape index (κ1) is 12.9. The van der Waals surface area contributed by atoms with Crippen molar-refractivity contribution in [2.75, 3.05) is 12.3 Å². The van der Waals surface area contributed by atoms with E-state index in [4.69, 9.17) is 5.73 Å². The van der Waals surface area contributed by atoms with Crippen molar-refractivity contribution in [1.82, 2.24) is 14.7 Å². The molecule has 1 aliphatic rings. The summed E-state index contributed by atoms with van der Waals surface area (Å²) in [6, 6.07) is 0.353. The number of anilines is 1. The van der Waals surface area contributed by atoms with Crippen LogP contribution >= 0.6 is 0 Å². The standard InChI is InChI=1S/C13H22N4O/c1-3-10-7-5-6-8-16(10)13(18)12-11(14)9-15-17(12)4-2/h9-10H,3-8,14H2,1-2H3. The Labute approximate surface area is 108 Å². The molecule has 1 unspecified atom stereocenters. The number of hydrogen-bond donors (Lipinski definition) is 1. The Balaban J connectivity index is 2.26. The van der Waals surface area contributed by atoms with Gasteiger partial charge in [0, 0.05) is 19.1 Å². The highest BCUT2D eigenvalue weighted by atomic mass is 16.2. The van der Waals surface area contributed by atoms with Crippen LogP contribution in [0.5, 0.6) is 0 Å². The van der Waals surface area contributed by atoms with Crippen LogP contribution in [0, 0.1) is 0 Å². The fraction of sp³-hybridized carbons (Fsp3) is 0.692. The number of piperidine rings is 1. The van der Waals surface area contributed by atoms with Gasteiger partial charge in [0.1, 0.15) is 5.69 Å². The van der Waals surface area contributed by atoms with Gasteiger partial charge in [0.15, 0.2) is 0 Å². The second-order valence-electron chi connectivity index (χ2n) is 4.82. The summed E-state index contributed by atoms with van der Waals surface area (Å²) in [6.07, 6.45) is 5.98. The molecule has 18 heavy (non-hydrogen) atoms. The van der Waals surface area contributed by atoms with Crippen LogP contribution in [0.25, 0.3) is 0 Å². The number of nitrogen functional groups attached to an aromatic ring is 1. The Morgan fingerprint density at radius 1 is 1.50 bits per heavy atom. The first-order chi connectivity index (χ1) is 8.69. The molecule has 100 valence electrons. The van der Waals surface area contributed by atoms with Crippen LogP contribution in [0.15, 0.2) is 6.20 Å². The monoisotopic (exact) mass is 250 g/mol. The Bertz CT molecular complexity index is 427. The van der Waals surface area contributed by atoms with Crippen molar-refractivity contribution in [3.8, 4) is 0 Å². The van der Waals surface area contributed by atoms with E-state index in [1.165, 1.54) is 6.42 Å². The number of carbonyl (C=O) groups excluding carboxylic acids is 1. The summed E-state index contributed by atoms with van der Waals surface area (Å²) >= 11 is 0. The molecule has 5 nitrogen and oxygen atoms in total. The molecule has 0 aliphatic carbocycles. The number of nitrogens with two attached hydrogens (primary N) is 1. The third kappa shape index (κ3) is 2.21. The van der Waals surface area contributed by atoms with Gasteiger partial charge in [-0.05, 0) is 32.6 Å². The van der Waals surface area contributed by atoms with Crippen LogP contribution in [0.4, 0.5) is 5.69 Å². The lowest BCUT2D eigenvalue weighted by Gasteiger charge is -2.35. The smallest absolute Gasteiger partial charge is 0.274 e. The van der Waals surface area contributed by atoms with Crippen LogP contribution in [-0.4, -0.2) is 33.2 Å². The molecule has 2 rings (SSSR count). The third-order valence-corrected chi connectivity index (χ3v) is 3.73. The van der Waals surface area contributed by atoms with Crippen LogP contribution in [-0.2, 0) is 6.54 Å². The maximum absolute atomic E-state index is 12.6. The molecule has 1 atom stereocenters. The molecule has 2 heterocycles. The Hall–Kier alpha value is -1.52. The van der Waals surface area contributed by atoms with E-state index in [1.807, 2.05) is 11.8 Å². The molecule has 2 N–H and O–H groups in total. The topological polar surface area (TPSA) is 64.2 Å². The maximum Gasteiger partial charge on any atom is 0.274 e. The summed E-state index contributed by atoms with van der Waals surface area (Å²) in [6.45, 7) is 5.61. The van der Waals surface area contributed by atoms with Crippen LogP contribution in [0.3, 0.4) is 0 Å². The molecular formula is C13H22N4O. The summed E-state index contributed by atoms with van der Waals surface area (Å²) in [7, 11) is 0. The van der Waals surface area contributed by atoms with Gasteiger partial charge >= 0.3 is 0 Å². The number of aromatic nitrogens is 2. The lowest BCUT2D eigenvalue weighted by molar-refractivity contribution is 0.0596. The van der Waals surface area contributed by atoms with Crippen LogP contribution < -0.4 is 5.73 Å². The van der Waals surface area contributed by atoms with Gasteiger partial charge < -0.3 is 10.6 Å². The number of rotatable bonds is 3. The van der Waals surface area contributed by atoms with Gasteiger partial charge in [-0.3, -0.25) is 9.48 Å². The Morgan fingerprint density at radius 3 is 2.94 bits per heavy atom. The van der Waals surface area contributed by atoms with E-state index in [-0.39, 0.29) is 5.91 Å². The molecular weight excluding hydrogens is 228 g/mol. The molecule has 1 aromatic heterocycles. The lowest BCUT2D eigenvalue weighted by Crippen LogP contribution is -2.44. The summed E-state index contributed by atoms with van der Waals surface area (Å²) < 4.78 is 1.69. The Kier molecular flexibility index (Phi) is 3.89. The van der Waals surface area contributed by atoms with E-state index in [9.17, 15) is 4.79 Å². The van der Waals surface area contributed by atoms with Crippen molar-refractivity contribution in [3.05, 3.63) is 11.9 Å². The van der Waals surface area contributed by atoms with E-state index in [1.54, 1.807) is 10.9 Å². The number of aryl methyl sites for hydroxylation is 1. The fourth-order valence-corrected chi connectivity index (χ4v) is 2.70. The molecule has 1 aromatic rings. The third-order valence-electron chi connectivity index (χ3n) is 3.73. The van der Waals surface area contributed by atoms with Crippen molar-refractivity contribution in [2.45, 2.75) is 52.1 Å². The molecule has 0 bridgehead atoms. The van der Waals surface area contributed by atoms with Gasteiger partial charge in [-0.2, -0.15) is 5.10 Å². The quantitative estimate of drug-likeness (QED) is 0.891. The molecule has 0 saturated carbocycles. The second kappa shape index (κ2) is 5.42. The molecule has 1 amide bonds. The highest BCUT2D eigenvalue weighted by Crippen LogP contribution is 2.23. The predicted octanol–water partition coefficient (Wildman–Crippen LogP) is 1.89. The summed E-state index contributed by atoms with van der Waals surface area (Å²) in [5.41, 5.74) is 6.92. The number of hydrogen-bond acceptors (Lipinski definition) is 3. The molecule has 1 aliphatic heterocycles. The number of amides is 1. The Morgan fingerprint density at radius 2 is 2.28 bits per heavy atom. The van der Waals surface area contributed by atoms with E-state index in [0.717, 1.165) is 25.8 Å². The highest BCUT2D eigenvalue weighted by Gasteiger charge is 2.29. The first-order valence-corrected chi connectivity index (χ1v) is 6.81. The normalized spacial score (nSPS) is 20.1. The van der Waals surface area contributed by atoms with Crippen LogP contribution in [0.2, 0.25) is 0 Å². The second-order valence-corrected chi connectivity index (χ2v) is 4.82. The van der Waals surface area contributed by atoms with Crippen molar-refractivity contribution in [3.63, 3.8) is 0 Å². The minimum atomic E-state index is 0.0402. The zero-order chi connectivity index (χ0) is 13.1. The maximum atomic E-state index is 12.6. The van der Waals surface area contributed by atoms with Crippen molar-refractivity contribution < 1.29 is 4.79 Å². The fourth-order valence-electron chi connectivity index (χ4n) is 2.70. The van der Waals surface area contributed by atoms with E-state index in [2.05, 4.69) is 12.0 Å². The van der Waals surface area contributed by atoms with Gasteiger partial charge in [0.2, 0.25) is 0 Å². The molecule has 0 spiro atoms. The SMILES string of the molecule is CCC1CCCCN1C(=O)c1c(N)cnn1CC. The minimum absolute atomic E-state index is 0.0402. The summed E-state index contributed by atoms with van der Waals surface area (Å²) in [5.74, 6) is 0.0402. The molecule has 0 aromatic carbocycles. The van der Waals surface area contributed by atoms with Crippen molar-refractivity contribution in [1.29, 1.82) is 0 Å². The summed E-state index contributed by atoms with van der Waals surface area (Å²) in [5, 5.41) is 4.15. The number of nitrogens with zero attached hydrogens (tertiary/aromatic N) is 3. The summed E-state index contributed by atoms with van der Waals surface area (Å²) in [4.78, 5) is 14.6. The number of likely N-dealkylation sites (tertiary alicyclic amines) is 1. The number of carbonyl (C=O) groups is 1. The first-order valence-electron chi connectivity index (χ1n) is 6.81. The predicted molar refractivity (Wildman–Crippen MR) is 71.3 cm³/mol. The van der Waals surface area contributed by atoms with E-state index >= 15 is 0 Å². The van der Waals surface area contributed by atoms with E-state index < -0.39 is 0 Å². The van der Waals surface area contributed by atoms with Gasteiger partial charge in [-0.25, -0.2) is 0 Å². The average Bonchev–Trinajstić information content (AvgIpc) is 2.79. The molecule has 1 saturated heterocycles. The molecule has 0 radical (unpaired) electrons. The van der Waals surface area contributed by atoms with E-state index in [0.29, 0.717) is 24.0 Å². The average molecular weight is 250 g/mol. The largest absolute Gasteiger partial charge is 0.396 e. The molecule has 1 fully saturated rings. The van der Waals surface area contributed by atoms with Gasteiger partial charge in [-0.1, -0.05) is 6.92 Å². The van der Waals surface area contributed by atoms with Gasteiger partial charge in [-0.15, -0.1) is 0 Å².